The first kappa shape index (κ1) is 20.8. The highest BCUT2D eigenvalue weighted by Gasteiger charge is 2.42. The summed E-state index contributed by atoms with van der Waals surface area (Å²) in [4.78, 5) is 30.9. The van der Waals surface area contributed by atoms with E-state index in [9.17, 15) is 32.3 Å². The Balaban J connectivity index is 1.69. The number of carbonyl (C=O) groups is 1. The Morgan fingerprint density at radius 3 is 2.47 bits per heavy atom. The van der Waals surface area contributed by atoms with Gasteiger partial charge in [-0.2, -0.15) is 13.2 Å². The predicted molar refractivity (Wildman–Crippen MR) is 96.7 cm³/mol. The van der Waals surface area contributed by atoms with E-state index < -0.39 is 23.7 Å². The number of nitrogens with zero attached hydrogens (tertiary/aromatic N) is 3. The van der Waals surface area contributed by atoms with Crippen LogP contribution in [0.3, 0.4) is 0 Å². The zero-order valence-electron chi connectivity index (χ0n) is 15.0. The lowest BCUT2D eigenvalue weighted by molar-refractivity contribution is -0.200. The highest BCUT2D eigenvalue weighted by molar-refractivity contribution is 5.75. The Hall–Kier alpha value is -3.89. The number of benzene rings is 1. The van der Waals surface area contributed by atoms with E-state index in [-0.39, 0.29) is 17.1 Å². The first-order valence-corrected chi connectivity index (χ1v) is 8.34. The van der Waals surface area contributed by atoms with Gasteiger partial charge < -0.3 is 9.94 Å². The molecule has 2 heterocycles. The maximum Gasteiger partial charge on any atom is 0.493 e. The SMILES string of the molecule is O=C(On1cc(O)n(CC=Cc2ccc(-c3ccc(F)cc3)nc2)c1=O)C(F)(F)F. The van der Waals surface area contributed by atoms with Crippen LogP contribution >= 0.6 is 0 Å². The molecular weight excluding hydrogens is 410 g/mol. The van der Waals surface area contributed by atoms with Crippen LogP contribution in [0, 0.1) is 5.82 Å². The summed E-state index contributed by atoms with van der Waals surface area (Å²) >= 11 is 0. The lowest BCUT2D eigenvalue weighted by Crippen LogP contribution is -2.38. The summed E-state index contributed by atoms with van der Waals surface area (Å²) in [6.07, 6.45) is -0.199. The minimum atomic E-state index is -5.29. The highest BCUT2D eigenvalue weighted by Crippen LogP contribution is 2.18. The van der Waals surface area contributed by atoms with Gasteiger partial charge in [-0.25, -0.2) is 14.0 Å². The summed E-state index contributed by atoms with van der Waals surface area (Å²) in [6, 6.07) is 9.20. The van der Waals surface area contributed by atoms with Gasteiger partial charge in [0, 0.05) is 18.3 Å². The molecule has 1 N–H and O–H groups in total. The van der Waals surface area contributed by atoms with Gasteiger partial charge in [0.25, 0.3) is 0 Å². The third-order valence-electron chi connectivity index (χ3n) is 3.87. The zero-order chi connectivity index (χ0) is 21.9. The second-order valence-electron chi connectivity index (χ2n) is 5.97. The summed E-state index contributed by atoms with van der Waals surface area (Å²) in [5.74, 6) is -3.65. The van der Waals surface area contributed by atoms with Crippen LogP contribution in [-0.2, 0) is 11.3 Å². The van der Waals surface area contributed by atoms with Gasteiger partial charge in [-0.05, 0) is 35.9 Å². The van der Waals surface area contributed by atoms with E-state index in [1.54, 1.807) is 30.3 Å². The van der Waals surface area contributed by atoms with Crippen LogP contribution < -0.4 is 10.5 Å². The molecule has 0 unspecified atom stereocenters. The fraction of sp³-hybridized carbons (Fsp3) is 0.105. The number of carbonyl (C=O) groups excluding carboxylic acids is 1. The number of alkyl halides is 3. The molecule has 0 saturated heterocycles. The molecule has 0 bridgehead atoms. The Bertz CT molecular complexity index is 1130. The molecule has 30 heavy (non-hydrogen) atoms. The maximum atomic E-state index is 13.0. The van der Waals surface area contributed by atoms with Gasteiger partial charge in [0.15, 0.2) is 0 Å². The molecule has 0 saturated carbocycles. The van der Waals surface area contributed by atoms with Gasteiger partial charge in [0.1, 0.15) is 12.0 Å². The molecule has 2 aromatic heterocycles. The van der Waals surface area contributed by atoms with E-state index in [1.165, 1.54) is 24.4 Å². The van der Waals surface area contributed by atoms with Crippen LogP contribution in [0.5, 0.6) is 5.88 Å². The molecule has 0 radical (unpaired) electrons. The van der Waals surface area contributed by atoms with Crippen molar-refractivity contribution in [2.24, 2.45) is 0 Å². The largest absolute Gasteiger partial charge is 0.493 e. The average Bonchev–Trinajstić information content (AvgIpc) is 2.96. The summed E-state index contributed by atoms with van der Waals surface area (Å²) in [5, 5.41) is 9.70. The molecule has 0 spiro atoms. The molecule has 0 atom stereocenters. The van der Waals surface area contributed by atoms with Crippen LogP contribution in [-0.4, -0.2) is 31.5 Å². The van der Waals surface area contributed by atoms with Crippen molar-refractivity contribution in [3.63, 3.8) is 0 Å². The predicted octanol–water partition coefficient (Wildman–Crippen LogP) is 2.79. The average molecular weight is 423 g/mol. The van der Waals surface area contributed by atoms with Crippen LogP contribution in [0.2, 0.25) is 0 Å². The minimum absolute atomic E-state index is 0.00194. The van der Waals surface area contributed by atoms with Crippen molar-refractivity contribution >= 4 is 12.0 Å². The number of allylic oxidation sites excluding steroid dienone is 1. The van der Waals surface area contributed by atoms with Crippen LogP contribution in [0.15, 0.2) is 59.7 Å². The highest BCUT2D eigenvalue weighted by atomic mass is 19.4. The second kappa shape index (κ2) is 8.23. The van der Waals surface area contributed by atoms with E-state index in [0.29, 0.717) is 22.0 Å². The van der Waals surface area contributed by atoms with Crippen molar-refractivity contribution < 1.29 is 32.3 Å². The molecular formula is C19H13F4N3O4. The number of aromatic hydroxyl groups is 1. The smallest absolute Gasteiger partial charge is 0.493 e. The van der Waals surface area contributed by atoms with Crippen LogP contribution in [0.4, 0.5) is 17.6 Å². The van der Waals surface area contributed by atoms with E-state index in [1.807, 2.05) is 0 Å². The monoisotopic (exact) mass is 423 g/mol. The van der Waals surface area contributed by atoms with Crippen LogP contribution in [0.25, 0.3) is 17.3 Å². The van der Waals surface area contributed by atoms with Gasteiger partial charge >= 0.3 is 17.8 Å². The molecule has 0 aliphatic heterocycles. The number of hydrogen-bond donors (Lipinski definition) is 1. The normalized spacial score (nSPS) is 11.7. The van der Waals surface area contributed by atoms with Crippen LogP contribution in [0.1, 0.15) is 5.56 Å². The summed E-state index contributed by atoms with van der Waals surface area (Å²) < 4.78 is 50.3. The first-order valence-electron chi connectivity index (χ1n) is 8.34. The summed E-state index contributed by atoms with van der Waals surface area (Å²) in [5.41, 5.74) is 0.804. The number of pyridine rings is 1. The molecule has 11 heteroatoms. The van der Waals surface area contributed by atoms with Crippen molar-refractivity contribution in [1.29, 1.82) is 0 Å². The number of halogens is 4. The van der Waals surface area contributed by atoms with E-state index in [0.717, 1.165) is 5.56 Å². The van der Waals surface area contributed by atoms with Crippen molar-refractivity contribution in [2.45, 2.75) is 12.7 Å². The molecule has 7 nitrogen and oxygen atoms in total. The standard InChI is InChI=1S/C19H13F4N3O4/c20-14-6-4-13(5-7-14)15-8-3-12(10-24-15)2-1-9-25-16(27)11-26(18(25)29)30-17(28)19(21,22)23/h1-8,10-11,27H,9H2. The fourth-order valence-corrected chi connectivity index (χ4v) is 2.41. The van der Waals surface area contributed by atoms with Gasteiger partial charge in [-0.3, -0.25) is 9.55 Å². The van der Waals surface area contributed by atoms with Gasteiger partial charge in [0.2, 0.25) is 5.88 Å². The molecule has 156 valence electrons. The fourth-order valence-electron chi connectivity index (χ4n) is 2.41. The van der Waals surface area contributed by atoms with Crippen molar-refractivity contribution in [2.75, 3.05) is 0 Å². The molecule has 0 aliphatic carbocycles. The van der Waals surface area contributed by atoms with Crippen molar-refractivity contribution in [3.8, 4) is 17.1 Å². The molecule has 0 aliphatic rings. The van der Waals surface area contributed by atoms with Gasteiger partial charge in [-0.15, -0.1) is 4.73 Å². The summed E-state index contributed by atoms with van der Waals surface area (Å²) in [7, 11) is 0. The Labute approximate surface area is 166 Å². The van der Waals surface area contributed by atoms with Crippen molar-refractivity contribution in [3.05, 3.63) is 76.7 Å². The Kier molecular flexibility index (Phi) is 5.72. The van der Waals surface area contributed by atoms with E-state index >= 15 is 0 Å². The number of rotatable bonds is 5. The lowest BCUT2D eigenvalue weighted by atomic mass is 10.1. The third-order valence-corrected chi connectivity index (χ3v) is 3.87. The van der Waals surface area contributed by atoms with Crippen molar-refractivity contribution in [1.82, 2.24) is 14.3 Å². The number of hydrogen-bond acceptors (Lipinski definition) is 5. The van der Waals surface area contributed by atoms with Gasteiger partial charge in [-0.1, -0.05) is 18.2 Å². The summed E-state index contributed by atoms with van der Waals surface area (Å²) in [6.45, 7) is -0.207. The molecule has 0 fully saturated rings. The Morgan fingerprint density at radius 1 is 1.17 bits per heavy atom. The molecule has 0 amide bonds. The lowest BCUT2D eigenvalue weighted by Gasteiger charge is -2.04. The number of aromatic nitrogens is 3. The second-order valence-corrected chi connectivity index (χ2v) is 5.97. The number of imidazole rings is 1. The third kappa shape index (κ3) is 4.74. The molecule has 3 rings (SSSR count). The minimum Gasteiger partial charge on any atom is -0.493 e. The maximum absolute atomic E-state index is 13.0. The molecule has 1 aromatic carbocycles. The zero-order valence-corrected chi connectivity index (χ0v) is 15.0. The first-order chi connectivity index (χ1) is 14.1. The van der Waals surface area contributed by atoms with Gasteiger partial charge in [0.05, 0.1) is 5.69 Å². The molecule has 3 aromatic rings. The van der Waals surface area contributed by atoms with E-state index in [2.05, 4.69) is 9.82 Å². The quantitative estimate of drug-likeness (QED) is 0.638. The van der Waals surface area contributed by atoms with E-state index in [4.69, 9.17) is 0 Å². The Morgan fingerprint density at radius 2 is 1.87 bits per heavy atom. The topological polar surface area (TPSA) is 86.3 Å².